The lowest BCUT2D eigenvalue weighted by Gasteiger charge is -2.07. The van der Waals surface area contributed by atoms with Gasteiger partial charge in [-0.25, -0.2) is 4.39 Å². The maximum absolute atomic E-state index is 13.2. The fraction of sp³-hybridized carbons (Fsp3) is 0. The van der Waals surface area contributed by atoms with Crippen LogP contribution in [0.2, 0.25) is 0 Å². The Kier molecular flexibility index (Phi) is 3.66. The molecule has 1 N–H and O–H groups in total. The van der Waals surface area contributed by atoms with Gasteiger partial charge in [-0.1, -0.05) is 6.07 Å². The van der Waals surface area contributed by atoms with Crippen LogP contribution in [0.4, 0.5) is 10.1 Å². The first-order valence-electron chi connectivity index (χ1n) is 6.25. The van der Waals surface area contributed by atoms with Gasteiger partial charge in [0.15, 0.2) is 0 Å². The van der Waals surface area contributed by atoms with Gasteiger partial charge >= 0.3 is 0 Å². The van der Waals surface area contributed by atoms with E-state index in [1.807, 2.05) is 12.1 Å². The first kappa shape index (κ1) is 13.7. The predicted octanol–water partition coefficient (Wildman–Crippen LogP) is 4.39. The molecular weight excluding hydrogens is 335 g/mol. The van der Waals surface area contributed by atoms with E-state index in [0.29, 0.717) is 15.7 Å². The van der Waals surface area contributed by atoms with Gasteiger partial charge in [0.05, 0.1) is 9.99 Å². The third-order valence-corrected chi connectivity index (χ3v) is 3.65. The SMILES string of the molecule is O=C(Nc1ccc(F)c(Br)c1)c1ccc2ncccc2c1. The van der Waals surface area contributed by atoms with Crippen LogP contribution >= 0.6 is 15.9 Å². The molecular formula is C16H10BrFN2O. The van der Waals surface area contributed by atoms with Crippen LogP contribution in [0.5, 0.6) is 0 Å². The van der Waals surface area contributed by atoms with E-state index >= 15 is 0 Å². The highest BCUT2D eigenvalue weighted by Gasteiger charge is 2.08. The Hall–Kier alpha value is -2.27. The monoisotopic (exact) mass is 344 g/mol. The molecule has 0 radical (unpaired) electrons. The molecule has 0 aliphatic heterocycles. The summed E-state index contributed by atoms with van der Waals surface area (Å²) in [7, 11) is 0. The molecule has 0 aliphatic carbocycles. The summed E-state index contributed by atoms with van der Waals surface area (Å²) in [6.45, 7) is 0. The van der Waals surface area contributed by atoms with E-state index in [-0.39, 0.29) is 11.7 Å². The number of carbonyl (C=O) groups excluding carboxylic acids is 1. The standard InChI is InChI=1S/C16H10BrFN2O/c17-13-9-12(4-5-14(13)18)20-16(21)11-3-6-15-10(8-11)2-1-7-19-15/h1-9H,(H,20,21). The number of nitrogens with one attached hydrogen (secondary N) is 1. The summed E-state index contributed by atoms with van der Waals surface area (Å²) in [6.07, 6.45) is 1.71. The first-order chi connectivity index (χ1) is 10.1. The number of fused-ring (bicyclic) bond motifs is 1. The van der Waals surface area contributed by atoms with Gasteiger partial charge in [0.2, 0.25) is 0 Å². The second-order valence-electron chi connectivity index (χ2n) is 4.49. The van der Waals surface area contributed by atoms with Crippen LogP contribution in [0, 0.1) is 5.82 Å². The lowest BCUT2D eigenvalue weighted by Crippen LogP contribution is -2.11. The molecule has 1 amide bonds. The van der Waals surface area contributed by atoms with Gasteiger partial charge < -0.3 is 5.32 Å². The van der Waals surface area contributed by atoms with Crippen LogP contribution in [0.15, 0.2) is 59.2 Å². The maximum atomic E-state index is 13.2. The number of aromatic nitrogens is 1. The number of hydrogen-bond donors (Lipinski definition) is 1. The molecule has 0 spiro atoms. The highest BCUT2D eigenvalue weighted by molar-refractivity contribution is 9.10. The number of hydrogen-bond acceptors (Lipinski definition) is 2. The summed E-state index contributed by atoms with van der Waals surface area (Å²) < 4.78 is 13.5. The Balaban J connectivity index is 1.87. The Morgan fingerprint density at radius 2 is 2.00 bits per heavy atom. The number of pyridine rings is 1. The maximum Gasteiger partial charge on any atom is 0.255 e. The van der Waals surface area contributed by atoms with Crippen molar-refractivity contribution in [3.63, 3.8) is 0 Å². The van der Waals surface area contributed by atoms with Crippen LogP contribution < -0.4 is 5.32 Å². The van der Waals surface area contributed by atoms with Crippen LogP contribution in [-0.2, 0) is 0 Å². The number of anilines is 1. The largest absolute Gasteiger partial charge is 0.322 e. The molecule has 0 fully saturated rings. The van der Waals surface area contributed by atoms with Crippen LogP contribution in [0.1, 0.15) is 10.4 Å². The Labute approximate surface area is 128 Å². The van der Waals surface area contributed by atoms with E-state index in [2.05, 4.69) is 26.2 Å². The zero-order valence-corrected chi connectivity index (χ0v) is 12.4. The molecule has 0 bridgehead atoms. The van der Waals surface area contributed by atoms with E-state index in [0.717, 1.165) is 10.9 Å². The average Bonchev–Trinajstić information content (AvgIpc) is 2.50. The van der Waals surface area contributed by atoms with Crippen molar-refractivity contribution in [1.29, 1.82) is 0 Å². The Bertz CT molecular complexity index is 835. The van der Waals surface area contributed by atoms with Crippen molar-refractivity contribution >= 4 is 38.4 Å². The third kappa shape index (κ3) is 2.92. The molecule has 3 rings (SSSR count). The van der Waals surface area contributed by atoms with Gasteiger partial charge in [-0.15, -0.1) is 0 Å². The number of amides is 1. The summed E-state index contributed by atoms with van der Waals surface area (Å²) in [5.74, 6) is -0.621. The lowest BCUT2D eigenvalue weighted by molar-refractivity contribution is 0.102. The van der Waals surface area contributed by atoms with Crippen LogP contribution in [0.3, 0.4) is 0 Å². The minimum atomic E-state index is -0.371. The topological polar surface area (TPSA) is 42.0 Å². The highest BCUT2D eigenvalue weighted by atomic mass is 79.9. The zero-order valence-electron chi connectivity index (χ0n) is 10.8. The fourth-order valence-corrected chi connectivity index (χ4v) is 2.37. The molecule has 5 heteroatoms. The molecule has 0 atom stereocenters. The Morgan fingerprint density at radius 3 is 2.81 bits per heavy atom. The number of carbonyl (C=O) groups is 1. The number of rotatable bonds is 2. The van der Waals surface area contributed by atoms with Crippen molar-refractivity contribution in [3.8, 4) is 0 Å². The highest BCUT2D eigenvalue weighted by Crippen LogP contribution is 2.21. The number of nitrogens with zero attached hydrogens (tertiary/aromatic N) is 1. The number of halogens is 2. The van der Waals surface area contributed by atoms with Crippen molar-refractivity contribution in [2.45, 2.75) is 0 Å². The minimum absolute atomic E-state index is 0.251. The van der Waals surface area contributed by atoms with Crippen molar-refractivity contribution in [3.05, 3.63) is 70.6 Å². The molecule has 21 heavy (non-hydrogen) atoms. The number of benzene rings is 2. The molecule has 1 heterocycles. The van der Waals surface area contributed by atoms with Gasteiger partial charge in [0.25, 0.3) is 5.91 Å². The van der Waals surface area contributed by atoms with Crippen molar-refractivity contribution < 1.29 is 9.18 Å². The van der Waals surface area contributed by atoms with Crippen molar-refractivity contribution in [2.24, 2.45) is 0 Å². The first-order valence-corrected chi connectivity index (χ1v) is 7.04. The molecule has 3 nitrogen and oxygen atoms in total. The van der Waals surface area contributed by atoms with Crippen LogP contribution in [-0.4, -0.2) is 10.9 Å². The second-order valence-corrected chi connectivity index (χ2v) is 5.35. The summed E-state index contributed by atoms with van der Waals surface area (Å²) in [6, 6.07) is 13.3. The summed E-state index contributed by atoms with van der Waals surface area (Å²) >= 11 is 3.09. The molecule has 1 aromatic heterocycles. The van der Waals surface area contributed by atoms with Gasteiger partial charge in [-0.05, 0) is 58.4 Å². The predicted molar refractivity (Wildman–Crippen MR) is 83.8 cm³/mol. The molecule has 0 aliphatic rings. The van der Waals surface area contributed by atoms with E-state index in [1.54, 1.807) is 24.4 Å². The minimum Gasteiger partial charge on any atom is -0.322 e. The zero-order chi connectivity index (χ0) is 14.8. The van der Waals surface area contributed by atoms with Crippen molar-refractivity contribution in [2.75, 3.05) is 5.32 Å². The quantitative estimate of drug-likeness (QED) is 0.749. The smallest absolute Gasteiger partial charge is 0.255 e. The lowest BCUT2D eigenvalue weighted by atomic mass is 10.1. The fourth-order valence-electron chi connectivity index (χ4n) is 1.99. The molecule has 2 aromatic carbocycles. The molecule has 3 aromatic rings. The van der Waals surface area contributed by atoms with Crippen LogP contribution in [0.25, 0.3) is 10.9 Å². The molecule has 0 saturated heterocycles. The van der Waals surface area contributed by atoms with Crippen molar-refractivity contribution in [1.82, 2.24) is 4.98 Å². The molecule has 0 unspecified atom stereocenters. The average molecular weight is 345 g/mol. The summed E-state index contributed by atoms with van der Waals surface area (Å²) in [4.78, 5) is 16.4. The normalized spacial score (nSPS) is 10.6. The summed E-state index contributed by atoms with van der Waals surface area (Å²) in [5.41, 5.74) is 1.88. The van der Waals surface area contributed by atoms with Gasteiger partial charge in [-0.3, -0.25) is 9.78 Å². The van der Waals surface area contributed by atoms with E-state index in [1.165, 1.54) is 18.2 Å². The van der Waals surface area contributed by atoms with E-state index in [9.17, 15) is 9.18 Å². The molecule has 0 saturated carbocycles. The van der Waals surface area contributed by atoms with E-state index < -0.39 is 0 Å². The molecule has 104 valence electrons. The third-order valence-electron chi connectivity index (χ3n) is 3.04. The van der Waals surface area contributed by atoms with Gasteiger partial charge in [-0.2, -0.15) is 0 Å². The second kappa shape index (κ2) is 5.61. The van der Waals surface area contributed by atoms with E-state index in [4.69, 9.17) is 0 Å². The van der Waals surface area contributed by atoms with Gasteiger partial charge in [0, 0.05) is 22.8 Å². The Morgan fingerprint density at radius 1 is 1.14 bits per heavy atom. The summed E-state index contributed by atoms with van der Waals surface area (Å²) in [5, 5.41) is 3.63. The van der Waals surface area contributed by atoms with Gasteiger partial charge in [0.1, 0.15) is 5.82 Å².